The first-order valence-corrected chi connectivity index (χ1v) is 5.89. The monoisotopic (exact) mass is 212 g/mol. The molecule has 2 unspecified atom stereocenters. The third-order valence-electron chi connectivity index (χ3n) is 3.60. The summed E-state index contributed by atoms with van der Waals surface area (Å²) in [6.45, 7) is 2.89. The fourth-order valence-electron chi connectivity index (χ4n) is 2.65. The van der Waals surface area contributed by atoms with Crippen LogP contribution in [0.5, 0.6) is 0 Å². The zero-order valence-electron chi connectivity index (χ0n) is 9.08. The number of primary amides is 1. The van der Waals surface area contributed by atoms with Crippen LogP contribution in [0.2, 0.25) is 0 Å². The van der Waals surface area contributed by atoms with E-state index >= 15 is 0 Å². The molecule has 2 heterocycles. The predicted octanol–water partition coefficient (Wildman–Crippen LogP) is 0.266. The number of rotatable bonds is 3. The third-order valence-corrected chi connectivity index (χ3v) is 3.60. The predicted molar refractivity (Wildman–Crippen MR) is 57.3 cm³/mol. The van der Waals surface area contributed by atoms with Gasteiger partial charge in [0.15, 0.2) is 0 Å². The topological polar surface area (TPSA) is 64.4 Å². The van der Waals surface area contributed by atoms with Crippen LogP contribution in [0.1, 0.15) is 25.7 Å². The van der Waals surface area contributed by atoms with E-state index in [2.05, 4.69) is 5.32 Å². The lowest BCUT2D eigenvalue weighted by atomic mass is 9.87. The Morgan fingerprint density at radius 3 is 2.73 bits per heavy atom. The molecule has 0 spiro atoms. The lowest BCUT2D eigenvalue weighted by molar-refractivity contribution is -0.123. The van der Waals surface area contributed by atoms with E-state index in [9.17, 15) is 4.79 Å². The number of hydrogen-bond acceptors (Lipinski definition) is 3. The first kappa shape index (κ1) is 10.9. The quantitative estimate of drug-likeness (QED) is 0.705. The summed E-state index contributed by atoms with van der Waals surface area (Å²) in [5.41, 5.74) is 5.36. The van der Waals surface area contributed by atoms with Gasteiger partial charge in [0.05, 0.1) is 12.0 Å². The molecule has 2 rings (SSSR count). The molecule has 0 bridgehead atoms. The van der Waals surface area contributed by atoms with Gasteiger partial charge in [-0.3, -0.25) is 4.79 Å². The average molecular weight is 212 g/mol. The molecule has 4 heteroatoms. The second-order valence-electron chi connectivity index (χ2n) is 4.64. The summed E-state index contributed by atoms with van der Waals surface area (Å²) in [6.07, 6.45) is 4.31. The SMILES string of the molecule is NC(=O)C1CCOC1CC1CCNCC1. The van der Waals surface area contributed by atoms with Crippen molar-refractivity contribution >= 4 is 5.91 Å². The molecule has 0 aliphatic carbocycles. The molecule has 2 fully saturated rings. The summed E-state index contributed by atoms with van der Waals surface area (Å²) in [4.78, 5) is 11.2. The molecule has 2 atom stereocenters. The van der Waals surface area contributed by atoms with Crippen LogP contribution < -0.4 is 11.1 Å². The van der Waals surface area contributed by atoms with Gasteiger partial charge in [0.1, 0.15) is 0 Å². The van der Waals surface area contributed by atoms with Crippen molar-refractivity contribution in [2.75, 3.05) is 19.7 Å². The molecular weight excluding hydrogens is 192 g/mol. The molecule has 0 aromatic heterocycles. The van der Waals surface area contributed by atoms with E-state index in [0.717, 1.165) is 25.9 Å². The number of hydrogen-bond donors (Lipinski definition) is 2. The van der Waals surface area contributed by atoms with Crippen LogP contribution in [0.15, 0.2) is 0 Å². The Hall–Kier alpha value is -0.610. The van der Waals surface area contributed by atoms with Crippen molar-refractivity contribution in [3.05, 3.63) is 0 Å². The highest BCUT2D eigenvalue weighted by Crippen LogP contribution is 2.29. The lowest BCUT2D eigenvalue weighted by Gasteiger charge is -2.26. The van der Waals surface area contributed by atoms with Gasteiger partial charge in [-0.05, 0) is 44.7 Å². The van der Waals surface area contributed by atoms with Crippen molar-refractivity contribution in [1.29, 1.82) is 0 Å². The molecule has 2 aliphatic heterocycles. The van der Waals surface area contributed by atoms with E-state index < -0.39 is 0 Å². The van der Waals surface area contributed by atoms with Gasteiger partial charge in [-0.15, -0.1) is 0 Å². The number of carbonyl (C=O) groups excluding carboxylic acids is 1. The summed E-state index contributed by atoms with van der Waals surface area (Å²) < 4.78 is 5.61. The highest BCUT2D eigenvalue weighted by molar-refractivity contribution is 5.77. The maximum Gasteiger partial charge on any atom is 0.223 e. The minimum Gasteiger partial charge on any atom is -0.377 e. The van der Waals surface area contributed by atoms with E-state index in [-0.39, 0.29) is 17.9 Å². The van der Waals surface area contributed by atoms with Crippen LogP contribution >= 0.6 is 0 Å². The highest BCUT2D eigenvalue weighted by atomic mass is 16.5. The number of nitrogens with two attached hydrogens (primary N) is 1. The average Bonchev–Trinajstić information content (AvgIpc) is 2.67. The minimum absolute atomic E-state index is 0.0418. The summed E-state index contributed by atoms with van der Waals surface area (Å²) in [5, 5.41) is 3.34. The third kappa shape index (κ3) is 2.69. The van der Waals surface area contributed by atoms with E-state index in [1.807, 2.05) is 0 Å². The zero-order chi connectivity index (χ0) is 10.7. The Morgan fingerprint density at radius 1 is 1.33 bits per heavy atom. The van der Waals surface area contributed by atoms with Gasteiger partial charge < -0.3 is 15.8 Å². The lowest BCUT2D eigenvalue weighted by Crippen LogP contribution is -2.34. The van der Waals surface area contributed by atoms with Crippen LogP contribution in [-0.4, -0.2) is 31.7 Å². The number of carbonyl (C=O) groups is 1. The highest BCUT2D eigenvalue weighted by Gasteiger charge is 2.34. The van der Waals surface area contributed by atoms with Crippen LogP contribution in [0.25, 0.3) is 0 Å². The van der Waals surface area contributed by atoms with Gasteiger partial charge in [-0.25, -0.2) is 0 Å². The molecule has 86 valence electrons. The molecule has 0 aromatic carbocycles. The van der Waals surface area contributed by atoms with Crippen molar-refractivity contribution in [1.82, 2.24) is 5.32 Å². The molecule has 15 heavy (non-hydrogen) atoms. The Kier molecular flexibility index (Phi) is 3.59. The van der Waals surface area contributed by atoms with E-state index in [0.29, 0.717) is 12.5 Å². The standard InChI is InChI=1S/C11H20N2O2/c12-11(14)9-3-6-15-10(9)7-8-1-4-13-5-2-8/h8-10,13H,1-7H2,(H2,12,14). The van der Waals surface area contributed by atoms with Crippen LogP contribution in [0.3, 0.4) is 0 Å². The maximum absolute atomic E-state index is 11.2. The largest absolute Gasteiger partial charge is 0.377 e. The van der Waals surface area contributed by atoms with Crippen molar-refractivity contribution in [3.63, 3.8) is 0 Å². The summed E-state index contributed by atoms with van der Waals surface area (Å²) in [5.74, 6) is 0.475. The first-order chi connectivity index (χ1) is 7.27. The van der Waals surface area contributed by atoms with Gasteiger partial charge in [-0.1, -0.05) is 0 Å². The molecular formula is C11H20N2O2. The maximum atomic E-state index is 11.2. The molecule has 0 aromatic rings. The second kappa shape index (κ2) is 4.94. The Bertz CT molecular complexity index is 227. The van der Waals surface area contributed by atoms with Crippen LogP contribution in [-0.2, 0) is 9.53 Å². The molecule has 1 amide bonds. The van der Waals surface area contributed by atoms with Crippen molar-refractivity contribution < 1.29 is 9.53 Å². The van der Waals surface area contributed by atoms with Crippen molar-refractivity contribution in [3.8, 4) is 0 Å². The Balaban J connectivity index is 1.84. The molecule has 2 aliphatic rings. The van der Waals surface area contributed by atoms with E-state index in [4.69, 9.17) is 10.5 Å². The first-order valence-electron chi connectivity index (χ1n) is 5.89. The van der Waals surface area contributed by atoms with Gasteiger partial charge in [0.25, 0.3) is 0 Å². The zero-order valence-corrected chi connectivity index (χ0v) is 9.08. The summed E-state index contributed by atoms with van der Waals surface area (Å²) in [6, 6.07) is 0. The van der Waals surface area contributed by atoms with Gasteiger partial charge >= 0.3 is 0 Å². The molecule has 3 N–H and O–H groups in total. The fraction of sp³-hybridized carbons (Fsp3) is 0.909. The number of amides is 1. The van der Waals surface area contributed by atoms with Crippen LogP contribution in [0, 0.1) is 11.8 Å². The van der Waals surface area contributed by atoms with Gasteiger partial charge in [0, 0.05) is 6.61 Å². The van der Waals surface area contributed by atoms with Crippen LogP contribution in [0.4, 0.5) is 0 Å². The normalized spacial score (nSPS) is 33.1. The second-order valence-corrected chi connectivity index (χ2v) is 4.64. The smallest absolute Gasteiger partial charge is 0.223 e. The molecule has 0 radical (unpaired) electrons. The van der Waals surface area contributed by atoms with Crippen molar-refractivity contribution in [2.24, 2.45) is 17.6 Å². The fourth-order valence-corrected chi connectivity index (χ4v) is 2.65. The summed E-state index contributed by atoms with van der Waals surface area (Å²) >= 11 is 0. The Morgan fingerprint density at radius 2 is 2.07 bits per heavy atom. The number of piperidine rings is 1. The van der Waals surface area contributed by atoms with E-state index in [1.54, 1.807) is 0 Å². The van der Waals surface area contributed by atoms with Crippen molar-refractivity contribution in [2.45, 2.75) is 31.8 Å². The number of nitrogens with one attached hydrogen (secondary N) is 1. The van der Waals surface area contributed by atoms with Gasteiger partial charge in [-0.2, -0.15) is 0 Å². The number of ether oxygens (including phenoxy) is 1. The molecule has 0 saturated carbocycles. The minimum atomic E-state index is -0.188. The Labute approximate surface area is 90.5 Å². The summed E-state index contributed by atoms with van der Waals surface area (Å²) in [7, 11) is 0. The molecule has 4 nitrogen and oxygen atoms in total. The molecule has 2 saturated heterocycles. The van der Waals surface area contributed by atoms with Gasteiger partial charge in [0.2, 0.25) is 5.91 Å². The van der Waals surface area contributed by atoms with E-state index in [1.165, 1.54) is 12.8 Å².